The highest BCUT2D eigenvalue weighted by atomic mass is 16.7. The van der Waals surface area contributed by atoms with Crippen LogP contribution in [0.5, 0.6) is 23.0 Å². The summed E-state index contributed by atoms with van der Waals surface area (Å²) in [5.74, 6) is -5.13. The zero-order chi connectivity index (χ0) is 35.2. The molecule has 4 aromatic rings. The Bertz CT molecular complexity index is 2170. The zero-order valence-electron chi connectivity index (χ0n) is 25.8. The molecule has 3 aliphatic rings. The van der Waals surface area contributed by atoms with E-state index < -0.39 is 88.8 Å². The first-order valence-electron chi connectivity index (χ1n) is 15.1. The van der Waals surface area contributed by atoms with Crippen molar-refractivity contribution >= 4 is 23.1 Å². The highest BCUT2D eigenvalue weighted by Crippen LogP contribution is 2.48. The Labute approximate surface area is 276 Å². The Morgan fingerprint density at radius 1 is 0.633 bits per heavy atom. The van der Waals surface area contributed by atoms with Crippen molar-refractivity contribution in [2.24, 2.45) is 0 Å². The molecule has 0 amide bonds. The number of aliphatic hydroxyl groups is 4. The number of phenolic OH excluding ortho intramolecular Hbond substituents is 3. The first-order chi connectivity index (χ1) is 23.3. The summed E-state index contributed by atoms with van der Waals surface area (Å²) in [5.41, 5.74) is -1.38. The number of aliphatic hydroxyl groups excluding tert-OH is 4. The molecule has 1 saturated heterocycles. The second-order valence-electron chi connectivity index (χ2n) is 12.2. The van der Waals surface area contributed by atoms with E-state index in [4.69, 9.17) is 9.47 Å². The molecule has 2 aliphatic carbocycles. The van der Waals surface area contributed by atoms with E-state index in [2.05, 4.69) is 0 Å². The minimum Gasteiger partial charge on any atom is -0.507 e. The van der Waals surface area contributed by atoms with Crippen molar-refractivity contribution in [1.29, 1.82) is 0 Å². The van der Waals surface area contributed by atoms with E-state index in [1.807, 2.05) is 0 Å². The van der Waals surface area contributed by atoms with Crippen LogP contribution in [0.3, 0.4) is 0 Å². The van der Waals surface area contributed by atoms with Gasteiger partial charge in [0.2, 0.25) is 17.9 Å². The molecule has 0 saturated carbocycles. The van der Waals surface area contributed by atoms with Crippen molar-refractivity contribution in [1.82, 2.24) is 0 Å². The van der Waals surface area contributed by atoms with Crippen LogP contribution in [-0.2, 0) is 4.74 Å². The second kappa shape index (κ2) is 11.3. The summed E-state index contributed by atoms with van der Waals surface area (Å²) >= 11 is 0. The van der Waals surface area contributed by atoms with Crippen molar-refractivity contribution in [3.63, 3.8) is 0 Å². The first kappa shape index (κ1) is 32.1. The fourth-order valence-corrected chi connectivity index (χ4v) is 6.83. The molecule has 13 nitrogen and oxygen atoms in total. The number of carbonyl (C=O) groups is 4. The van der Waals surface area contributed by atoms with Gasteiger partial charge >= 0.3 is 0 Å². The van der Waals surface area contributed by atoms with E-state index in [-0.39, 0.29) is 55.8 Å². The summed E-state index contributed by atoms with van der Waals surface area (Å²) in [6.45, 7) is 2.42. The molecule has 5 atom stereocenters. The van der Waals surface area contributed by atoms with Crippen LogP contribution >= 0.6 is 0 Å². The van der Waals surface area contributed by atoms with Gasteiger partial charge in [-0.05, 0) is 61.4 Å². The largest absolute Gasteiger partial charge is 0.507 e. The van der Waals surface area contributed by atoms with Gasteiger partial charge in [-0.2, -0.15) is 0 Å². The van der Waals surface area contributed by atoms with Crippen LogP contribution in [0, 0.1) is 13.8 Å². The number of rotatable bonds is 4. The topological polar surface area (TPSA) is 228 Å². The summed E-state index contributed by atoms with van der Waals surface area (Å²) in [6.07, 6.45) is -8.27. The van der Waals surface area contributed by atoms with Crippen LogP contribution < -0.4 is 4.74 Å². The molecule has 0 aromatic heterocycles. The molecule has 1 heterocycles. The monoisotopic (exact) mass is 668 g/mol. The van der Waals surface area contributed by atoms with Crippen LogP contribution in [0.4, 0.5) is 0 Å². The van der Waals surface area contributed by atoms with Gasteiger partial charge in [-0.1, -0.05) is 12.1 Å². The Morgan fingerprint density at radius 3 is 1.94 bits per heavy atom. The van der Waals surface area contributed by atoms with Gasteiger partial charge in [-0.15, -0.1) is 0 Å². The fourth-order valence-electron chi connectivity index (χ4n) is 6.83. The quantitative estimate of drug-likeness (QED) is 0.142. The normalized spacial score (nSPS) is 22.7. The third-order valence-electron chi connectivity index (χ3n) is 9.21. The van der Waals surface area contributed by atoms with Crippen LogP contribution in [0.2, 0.25) is 0 Å². The summed E-state index contributed by atoms with van der Waals surface area (Å²) in [5, 5.41) is 74.1. The van der Waals surface area contributed by atoms with Crippen molar-refractivity contribution in [3.8, 4) is 34.1 Å². The second-order valence-corrected chi connectivity index (χ2v) is 12.2. The number of aromatic hydroxyl groups is 3. The number of hydrogen-bond donors (Lipinski definition) is 7. The Morgan fingerprint density at radius 2 is 1.24 bits per heavy atom. The summed E-state index contributed by atoms with van der Waals surface area (Å²) < 4.78 is 11.1. The molecular formula is C36H28O13. The lowest BCUT2D eigenvalue weighted by Gasteiger charge is -2.39. The molecular weight excluding hydrogens is 640 g/mol. The van der Waals surface area contributed by atoms with E-state index in [9.17, 15) is 54.9 Å². The number of benzene rings is 4. The van der Waals surface area contributed by atoms with E-state index >= 15 is 0 Å². The van der Waals surface area contributed by atoms with Crippen molar-refractivity contribution in [2.45, 2.75) is 44.6 Å². The third kappa shape index (κ3) is 4.59. The molecule has 13 heteroatoms. The maximum absolute atomic E-state index is 14.2. The van der Waals surface area contributed by atoms with Crippen LogP contribution in [0.1, 0.15) is 74.8 Å². The number of ether oxygens (including phenoxy) is 2. The predicted molar refractivity (Wildman–Crippen MR) is 167 cm³/mol. The number of fused-ring (bicyclic) bond motifs is 4. The Balaban J connectivity index is 1.34. The highest BCUT2D eigenvalue weighted by molar-refractivity contribution is 6.32. The predicted octanol–water partition coefficient (Wildman–Crippen LogP) is 1.82. The van der Waals surface area contributed by atoms with Crippen molar-refractivity contribution in [2.75, 3.05) is 6.61 Å². The van der Waals surface area contributed by atoms with Crippen LogP contribution in [0.25, 0.3) is 11.1 Å². The van der Waals surface area contributed by atoms with Crippen molar-refractivity contribution in [3.05, 3.63) is 104 Å². The number of carbonyl (C=O) groups excluding carboxylic acids is 4. The zero-order valence-corrected chi connectivity index (χ0v) is 25.8. The smallest absolute Gasteiger partial charge is 0.229 e. The lowest BCUT2D eigenvalue weighted by molar-refractivity contribution is -0.277. The van der Waals surface area contributed by atoms with Gasteiger partial charge in [0.1, 0.15) is 47.4 Å². The SMILES string of the molecule is Cc1cc(O)c2c(c1)C(=O)c1ccc(-c3c(C)cc4c(c3O)C(=O)c3c(OC5OC(CO)C(O)C(O)C5O)cccc3C4=O)c(O)c1C2=O. The molecule has 0 radical (unpaired) electrons. The van der Waals surface area contributed by atoms with Gasteiger partial charge in [-0.25, -0.2) is 0 Å². The number of aryl methyl sites for hydroxylation is 2. The van der Waals surface area contributed by atoms with Crippen molar-refractivity contribution < 1.29 is 64.4 Å². The third-order valence-corrected chi connectivity index (χ3v) is 9.21. The molecule has 4 aromatic carbocycles. The molecule has 7 N–H and O–H groups in total. The Kier molecular flexibility index (Phi) is 7.43. The van der Waals surface area contributed by atoms with E-state index in [1.54, 1.807) is 6.92 Å². The number of hydrogen-bond acceptors (Lipinski definition) is 13. The number of phenols is 3. The van der Waals surface area contributed by atoms with Crippen LogP contribution in [-0.4, -0.2) is 96.2 Å². The van der Waals surface area contributed by atoms with E-state index in [0.717, 1.165) is 0 Å². The molecule has 7 rings (SSSR count). The standard InChI is InChI=1S/C36H28O13/c1-12-8-17-23(19(38)9-12)32(44)25-16(28(17)40)7-6-15(29(25)41)22-13(2)10-18-26(31(22)43)33(45)24-14(27(18)39)4-3-5-20(24)48-36-35(47)34(46)30(42)21(11-37)49-36/h3-10,21,30,34-38,41-43,46-47H,11H2,1-2H3. The lowest BCUT2D eigenvalue weighted by atomic mass is 9.78. The minimum absolute atomic E-state index is 0.0283. The first-order valence-corrected chi connectivity index (χ1v) is 15.1. The maximum Gasteiger partial charge on any atom is 0.229 e. The van der Waals surface area contributed by atoms with E-state index in [0.29, 0.717) is 5.56 Å². The minimum atomic E-state index is -1.82. The summed E-state index contributed by atoms with van der Waals surface area (Å²) in [7, 11) is 0. The summed E-state index contributed by atoms with van der Waals surface area (Å²) in [4.78, 5) is 54.9. The fraction of sp³-hybridized carbons (Fsp3) is 0.222. The molecule has 1 fully saturated rings. The molecule has 49 heavy (non-hydrogen) atoms. The van der Waals surface area contributed by atoms with E-state index in [1.165, 1.54) is 55.5 Å². The highest BCUT2D eigenvalue weighted by Gasteiger charge is 2.46. The van der Waals surface area contributed by atoms with Gasteiger partial charge in [-0.3, -0.25) is 19.2 Å². The summed E-state index contributed by atoms with van der Waals surface area (Å²) in [6, 6.07) is 10.7. The van der Waals surface area contributed by atoms with Crippen LogP contribution in [0.15, 0.2) is 48.5 Å². The van der Waals surface area contributed by atoms with Gasteiger partial charge in [0, 0.05) is 33.4 Å². The molecule has 0 spiro atoms. The van der Waals surface area contributed by atoms with Gasteiger partial charge in [0.25, 0.3) is 0 Å². The average Bonchev–Trinajstić information content (AvgIpc) is 3.06. The van der Waals surface area contributed by atoms with Gasteiger partial charge in [0.05, 0.1) is 28.9 Å². The van der Waals surface area contributed by atoms with Gasteiger partial charge in [0.15, 0.2) is 11.6 Å². The molecule has 5 unspecified atom stereocenters. The van der Waals surface area contributed by atoms with Gasteiger partial charge < -0.3 is 45.2 Å². The maximum atomic E-state index is 14.2. The molecule has 0 bridgehead atoms. The lowest BCUT2D eigenvalue weighted by Crippen LogP contribution is -2.60. The Hall–Kier alpha value is -5.44. The average molecular weight is 669 g/mol. The molecule has 250 valence electrons. The number of ketones is 4. The molecule has 1 aliphatic heterocycles.